The molecule has 346 valence electrons. The van der Waals surface area contributed by atoms with Crippen LogP contribution >= 0.6 is 0 Å². The van der Waals surface area contributed by atoms with Crippen molar-refractivity contribution in [1.29, 1.82) is 0 Å². The topological polar surface area (TPSA) is 256 Å². The maximum Gasteiger partial charge on any atom is 0.292 e. The molecular weight excluding hydrogens is 827 g/mol. The van der Waals surface area contributed by atoms with E-state index >= 15 is 0 Å². The van der Waals surface area contributed by atoms with Crippen LogP contribution in [0.3, 0.4) is 0 Å². The van der Waals surface area contributed by atoms with Crippen LogP contribution < -0.4 is 22.5 Å². The lowest BCUT2D eigenvalue weighted by Crippen LogP contribution is -2.48. The van der Waals surface area contributed by atoms with Gasteiger partial charge in [-0.15, -0.1) is 0 Å². The van der Waals surface area contributed by atoms with Crippen LogP contribution in [0.4, 0.5) is 11.8 Å². The Morgan fingerprint density at radius 1 is 0.781 bits per heavy atom. The van der Waals surface area contributed by atoms with Crippen LogP contribution in [0.5, 0.6) is 0 Å². The van der Waals surface area contributed by atoms with Gasteiger partial charge in [-0.3, -0.25) is 14.5 Å². The Balaban J connectivity index is 0.746. The predicted molar refractivity (Wildman–Crippen MR) is 238 cm³/mol. The van der Waals surface area contributed by atoms with Gasteiger partial charge in [0.25, 0.3) is 6.01 Å². The van der Waals surface area contributed by atoms with Gasteiger partial charge in [0.2, 0.25) is 11.8 Å². The van der Waals surface area contributed by atoms with E-state index in [-0.39, 0.29) is 30.3 Å². The fraction of sp³-hybridized carbons (Fsp3) is 0.545. The zero-order valence-electron chi connectivity index (χ0n) is 36.4. The first-order chi connectivity index (χ1) is 31.3. The number of nitrogens with two attached hydrogens (primary N) is 3. The number of nitrogen functional groups attached to an aromatic ring is 2. The SMILES string of the molecule is NCCOCCOCCOCCOCCOCCOCCC(=O)NC1CCN(CC(=O)N2CCc3cc(Cn4nc(-c5ccc6oc(N)nc6c5)c5c(N)ncnc54)ccc3C2)CC1. The van der Waals surface area contributed by atoms with E-state index in [1.807, 2.05) is 27.8 Å². The third kappa shape index (κ3) is 13.4. The van der Waals surface area contributed by atoms with E-state index < -0.39 is 0 Å². The molecule has 64 heavy (non-hydrogen) atoms. The number of hydrogen-bond acceptors (Lipinski definition) is 17. The highest BCUT2D eigenvalue weighted by molar-refractivity contribution is 5.99. The summed E-state index contributed by atoms with van der Waals surface area (Å²) in [4.78, 5) is 43.2. The fourth-order valence-corrected chi connectivity index (χ4v) is 7.80. The number of carbonyl (C=O) groups is 2. The van der Waals surface area contributed by atoms with Crippen LogP contribution in [0.2, 0.25) is 0 Å². The van der Waals surface area contributed by atoms with Gasteiger partial charge in [-0.25, -0.2) is 14.6 Å². The largest absolute Gasteiger partial charge is 0.424 e. The van der Waals surface area contributed by atoms with Crippen molar-refractivity contribution in [3.63, 3.8) is 0 Å². The highest BCUT2D eigenvalue weighted by atomic mass is 16.6. The van der Waals surface area contributed by atoms with Crippen molar-refractivity contribution < 1.29 is 42.4 Å². The highest BCUT2D eigenvalue weighted by Gasteiger charge is 2.27. The van der Waals surface area contributed by atoms with E-state index in [2.05, 4.69) is 43.4 Å². The number of carbonyl (C=O) groups excluding carboxylic acids is 2. The van der Waals surface area contributed by atoms with Crippen molar-refractivity contribution in [2.45, 2.75) is 44.8 Å². The van der Waals surface area contributed by atoms with Gasteiger partial charge in [-0.1, -0.05) is 18.2 Å². The Kier molecular flexibility index (Phi) is 17.6. The first-order valence-electron chi connectivity index (χ1n) is 22.0. The van der Waals surface area contributed by atoms with E-state index in [1.165, 1.54) is 11.9 Å². The second kappa shape index (κ2) is 24.1. The summed E-state index contributed by atoms with van der Waals surface area (Å²) in [6, 6.07) is 12.1. The van der Waals surface area contributed by atoms with E-state index in [0.717, 1.165) is 49.0 Å². The number of aromatic nitrogens is 5. The summed E-state index contributed by atoms with van der Waals surface area (Å²) in [5.74, 6) is 0.429. The molecule has 20 heteroatoms. The molecule has 7 rings (SSSR count). The predicted octanol–water partition coefficient (Wildman–Crippen LogP) is 1.76. The first kappa shape index (κ1) is 46.7. The zero-order chi connectivity index (χ0) is 44.5. The smallest absolute Gasteiger partial charge is 0.292 e. The summed E-state index contributed by atoms with van der Waals surface area (Å²) in [6.07, 6.45) is 4.09. The lowest BCUT2D eigenvalue weighted by molar-refractivity contribution is -0.134. The van der Waals surface area contributed by atoms with Crippen molar-refractivity contribution in [1.82, 2.24) is 39.8 Å². The number of fused-ring (bicyclic) bond motifs is 3. The van der Waals surface area contributed by atoms with E-state index in [1.54, 1.807) is 0 Å². The van der Waals surface area contributed by atoms with Crippen molar-refractivity contribution in [2.75, 3.05) is 123 Å². The molecular formula is C44H61N11O9. The molecule has 5 aromatic rings. The minimum Gasteiger partial charge on any atom is -0.424 e. The number of rotatable bonds is 26. The molecule has 0 unspecified atom stereocenters. The summed E-state index contributed by atoms with van der Waals surface area (Å²) >= 11 is 0. The van der Waals surface area contributed by atoms with Crippen LogP contribution in [0.25, 0.3) is 33.4 Å². The van der Waals surface area contributed by atoms with E-state index in [9.17, 15) is 9.59 Å². The van der Waals surface area contributed by atoms with Crippen LogP contribution in [-0.2, 0) is 57.5 Å². The lowest BCUT2D eigenvalue weighted by Gasteiger charge is -2.35. The van der Waals surface area contributed by atoms with Crippen molar-refractivity contribution in [3.05, 3.63) is 59.4 Å². The molecule has 0 spiro atoms. The average molecular weight is 888 g/mol. The van der Waals surface area contributed by atoms with Gasteiger partial charge in [0.05, 0.1) is 97.8 Å². The standard InChI is InChI=1S/C44H61N11O9/c45-9-14-59-16-18-61-20-22-63-24-23-62-21-19-60-17-15-58-13-8-38(56)50-35-6-10-53(11-7-35)29-39(57)54-12-5-32-25-31(1-2-34(32)28-54)27-55-43-40(42(46)48-30-49-43)41(52-55)33-3-4-37-36(26-33)51-44(47)64-37/h1-4,25-26,30,35H,5-24,27-29,45H2,(H2,47,51)(H,50,56)(H2,46,48,49). The number of ether oxygens (including phenoxy) is 6. The van der Waals surface area contributed by atoms with Gasteiger partial charge in [0.1, 0.15) is 23.4 Å². The molecule has 2 aromatic carbocycles. The van der Waals surface area contributed by atoms with Crippen LogP contribution in [-0.4, -0.2) is 164 Å². The molecule has 5 heterocycles. The number of likely N-dealkylation sites (tertiary alicyclic amines) is 1. The van der Waals surface area contributed by atoms with Gasteiger partial charge in [0.15, 0.2) is 11.2 Å². The molecule has 0 aliphatic carbocycles. The quantitative estimate of drug-likeness (QED) is 0.0577. The molecule has 20 nitrogen and oxygen atoms in total. The first-order valence-corrected chi connectivity index (χ1v) is 22.0. The summed E-state index contributed by atoms with van der Waals surface area (Å²) in [5, 5.41) is 8.74. The summed E-state index contributed by atoms with van der Waals surface area (Å²) in [5.41, 5.74) is 24.2. The second-order valence-corrected chi connectivity index (χ2v) is 15.7. The molecule has 0 saturated carbocycles. The normalized spacial score (nSPS) is 14.7. The summed E-state index contributed by atoms with van der Waals surface area (Å²) in [7, 11) is 0. The van der Waals surface area contributed by atoms with Gasteiger partial charge in [-0.05, 0) is 54.2 Å². The average Bonchev–Trinajstić information content (AvgIpc) is 3.87. The molecule has 0 atom stereocenters. The number of nitrogens with one attached hydrogen (secondary N) is 1. The Morgan fingerprint density at radius 3 is 2.14 bits per heavy atom. The zero-order valence-corrected chi connectivity index (χ0v) is 36.4. The number of piperidine rings is 1. The van der Waals surface area contributed by atoms with Gasteiger partial charge < -0.3 is 60.3 Å². The number of hydrogen-bond donors (Lipinski definition) is 4. The molecule has 0 radical (unpaired) electrons. The second-order valence-electron chi connectivity index (χ2n) is 15.7. The van der Waals surface area contributed by atoms with Gasteiger partial charge >= 0.3 is 0 Å². The van der Waals surface area contributed by atoms with Crippen molar-refractivity contribution >= 4 is 45.8 Å². The fourth-order valence-electron chi connectivity index (χ4n) is 7.80. The number of anilines is 2. The Labute approximate surface area is 372 Å². The maximum atomic E-state index is 13.5. The van der Waals surface area contributed by atoms with Crippen LogP contribution in [0.15, 0.2) is 47.1 Å². The molecule has 1 saturated heterocycles. The van der Waals surface area contributed by atoms with Gasteiger partial charge in [-0.2, -0.15) is 10.1 Å². The number of oxazole rings is 1. The molecule has 1 fully saturated rings. The monoisotopic (exact) mass is 887 g/mol. The lowest BCUT2D eigenvalue weighted by atomic mass is 9.97. The number of benzene rings is 2. The van der Waals surface area contributed by atoms with E-state index in [0.29, 0.717) is 146 Å². The molecule has 7 N–H and O–H groups in total. The highest BCUT2D eigenvalue weighted by Crippen LogP contribution is 2.33. The molecule has 2 aliphatic heterocycles. The van der Waals surface area contributed by atoms with Crippen LogP contribution in [0, 0.1) is 0 Å². The Morgan fingerprint density at radius 2 is 1.45 bits per heavy atom. The summed E-state index contributed by atoms with van der Waals surface area (Å²) < 4.78 is 40.0. The molecule has 0 bridgehead atoms. The Bertz CT molecular complexity index is 2260. The molecule has 2 aliphatic rings. The molecule has 2 amide bonds. The summed E-state index contributed by atoms with van der Waals surface area (Å²) in [6.45, 7) is 9.73. The minimum atomic E-state index is -0.0293. The number of nitrogens with zero attached hydrogens (tertiary/aromatic N) is 7. The number of amides is 2. The van der Waals surface area contributed by atoms with Crippen molar-refractivity contribution in [3.8, 4) is 11.3 Å². The maximum absolute atomic E-state index is 13.5. The minimum absolute atomic E-state index is 0.0293. The van der Waals surface area contributed by atoms with Crippen molar-refractivity contribution in [2.24, 2.45) is 5.73 Å². The van der Waals surface area contributed by atoms with Gasteiger partial charge in [0, 0.05) is 50.7 Å². The van der Waals surface area contributed by atoms with E-state index in [4.69, 9.17) is 55.1 Å². The third-order valence-corrected chi connectivity index (χ3v) is 11.1. The molecule has 3 aromatic heterocycles. The third-order valence-electron chi connectivity index (χ3n) is 11.1. The van der Waals surface area contributed by atoms with Crippen LogP contribution in [0.1, 0.15) is 36.0 Å². The Hall–Kier alpha value is -5.32.